The Kier molecular flexibility index (Phi) is 4.24. The number of thioether (sulfide) groups is 1. The van der Waals surface area contributed by atoms with Crippen molar-refractivity contribution in [1.29, 1.82) is 0 Å². The largest absolute Gasteiger partial charge is 0.409 e. The number of nitrogens with two attached hydrogens (primary N) is 1. The van der Waals surface area contributed by atoms with Gasteiger partial charge >= 0.3 is 0 Å². The first-order valence-corrected chi connectivity index (χ1v) is 7.48. The summed E-state index contributed by atoms with van der Waals surface area (Å²) in [5, 5.41) is 12.0. The molecule has 19 heavy (non-hydrogen) atoms. The lowest BCUT2D eigenvalue weighted by molar-refractivity contribution is 0.318. The molecule has 0 amide bonds. The Bertz CT molecular complexity index is 474. The zero-order chi connectivity index (χ0) is 13.9. The van der Waals surface area contributed by atoms with E-state index in [2.05, 4.69) is 23.9 Å². The summed E-state index contributed by atoms with van der Waals surface area (Å²) in [4.78, 5) is 2.33. The molecule has 0 atom stereocenters. The molecule has 104 valence electrons. The summed E-state index contributed by atoms with van der Waals surface area (Å²) >= 11 is 2.01. The minimum Gasteiger partial charge on any atom is -0.409 e. The zero-order valence-electron chi connectivity index (χ0n) is 11.5. The molecule has 1 aliphatic rings. The van der Waals surface area contributed by atoms with Crippen molar-refractivity contribution in [1.82, 2.24) is 0 Å². The van der Waals surface area contributed by atoms with Crippen molar-refractivity contribution < 1.29 is 5.21 Å². The number of rotatable bonds is 2. The molecule has 0 aromatic heterocycles. The number of amidine groups is 1. The van der Waals surface area contributed by atoms with E-state index in [9.17, 15) is 0 Å². The Morgan fingerprint density at radius 1 is 1.37 bits per heavy atom. The first-order chi connectivity index (χ1) is 9.03. The topological polar surface area (TPSA) is 61.8 Å². The monoisotopic (exact) mass is 279 g/mol. The molecule has 1 aliphatic heterocycles. The lowest BCUT2D eigenvalue weighted by Crippen LogP contribution is -2.29. The number of nitrogens with zero attached hydrogens (tertiary/aromatic N) is 2. The molecular weight excluding hydrogens is 258 g/mol. The fraction of sp³-hybridized carbons (Fsp3) is 0.500. The van der Waals surface area contributed by atoms with Crippen molar-refractivity contribution in [3.05, 3.63) is 29.8 Å². The molecule has 1 aromatic carbocycles. The molecule has 4 nitrogen and oxygen atoms in total. The van der Waals surface area contributed by atoms with Gasteiger partial charge in [0.25, 0.3) is 0 Å². The standard InChI is InChI=1S/C14H21N3OS/c1-14(2)7-8-17(9-10-19-14)12-6-4-3-5-11(12)13(15)16-18/h3-6,18H,7-10H2,1-2H3,(H2,15,16). The molecule has 0 bridgehead atoms. The zero-order valence-corrected chi connectivity index (χ0v) is 12.3. The summed E-state index contributed by atoms with van der Waals surface area (Å²) in [5.41, 5.74) is 7.61. The second-order valence-corrected chi connectivity index (χ2v) is 7.15. The smallest absolute Gasteiger partial charge is 0.172 e. The summed E-state index contributed by atoms with van der Waals surface area (Å²) in [6.07, 6.45) is 1.13. The van der Waals surface area contributed by atoms with Crippen molar-refractivity contribution in [3.8, 4) is 0 Å². The quantitative estimate of drug-likeness (QED) is 0.378. The maximum absolute atomic E-state index is 8.89. The molecule has 0 saturated carbocycles. The van der Waals surface area contributed by atoms with Crippen LogP contribution in [0.25, 0.3) is 0 Å². The van der Waals surface area contributed by atoms with Gasteiger partial charge in [0.15, 0.2) is 5.84 Å². The first-order valence-electron chi connectivity index (χ1n) is 6.49. The van der Waals surface area contributed by atoms with E-state index in [0.717, 1.165) is 36.5 Å². The van der Waals surface area contributed by atoms with Crippen molar-refractivity contribution in [2.45, 2.75) is 25.0 Å². The Morgan fingerprint density at radius 2 is 2.11 bits per heavy atom. The van der Waals surface area contributed by atoms with E-state index < -0.39 is 0 Å². The van der Waals surface area contributed by atoms with Gasteiger partial charge in [0.05, 0.1) is 0 Å². The second kappa shape index (κ2) is 5.74. The molecular formula is C14H21N3OS. The van der Waals surface area contributed by atoms with E-state index in [-0.39, 0.29) is 5.84 Å². The highest BCUT2D eigenvalue weighted by Gasteiger charge is 2.24. The van der Waals surface area contributed by atoms with Crippen LogP contribution in [-0.4, -0.2) is 34.6 Å². The van der Waals surface area contributed by atoms with E-state index in [1.54, 1.807) is 0 Å². The molecule has 1 fully saturated rings. The third-order valence-electron chi connectivity index (χ3n) is 3.47. The summed E-state index contributed by atoms with van der Waals surface area (Å²) < 4.78 is 0.320. The van der Waals surface area contributed by atoms with Crippen molar-refractivity contribution in [2.75, 3.05) is 23.7 Å². The molecule has 0 unspecified atom stereocenters. The number of anilines is 1. The van der Waals surface area contributed by atoms with Gasteiger partial charge in [-0.2, -0.15) is 11.8 Å². The summed E-state index contributed by atoms with van der Waals surface area (Å²) in [6.45, 7) is 6.56. The van der Waals surface area contributed by atoms with E-state index in [1.165, 1.54) is 0 Å². The van der Waals surface area contributed by atoms with Crippen LogP contribution in [-0.2, 0) is 0 Å². The summed E-state index contributed by atoms with van der Waals surface area (Å²) in [6, 6.07) is 7.84. The minimum absolute atomic E-state index is 0.173. The summed E-state index contributed by atoms with van der Waals surface area (Å²) in [7, 11) is 0. The molecule has 0 radical (unpaired) electrons. The van der Waals surface area contributed by atoms with Crippen LogP contribution in [0.3, 0.4) is 0 Å². The van der Waals surface area contributed by atoms with Crippen LogP contribution in [0.15, 0.2) is 29.4 Å². The van der Waals surface area contributed by atoms with Crippen LogP contribution in [0, 0.1) is 0 Å². The summed E-state index contributed by atoms with van der Waals surface area (Å²) in [5.74, 6) is 1.27. The van der Waals surface area contributed by atoms with Crippen molar-refractivity contribution in [2.24, 2.45) is 10.9 Å². The third-order valence-corrected chi connectivity index (χ3v) is 4.84. The Morgan fingerprint density at radius 3 is 2.84 bits per heavy atom. The lowest BCUT2D eigenvalue weighted by atomic mass is 10.1. The van der Waals surface area contributed by atoms with Gasteiger partial charge in [0, 0.05) is 34.8 Å². The highest BCUT2D eigenvalue weighted by molar-refractivity contribution is 8.00. The number of oxime groups is 1. The van der Waals surface area contributed by atoms with Gasteiger partial charge in [0.2, 0.25) is 0 Å². The molecule has 1 aromatic rings. The van der Waals surface area contributed by atoms with Gasteiger partial charge in [-0.1, -0.05) is 31.1 Å². The van der Waals surface area contributed by atoms with Crippen molar-refractivity contribution >= 4 is 23.3 Å². The predicted molar refractivity (Wildman–Crippen MR) is 82.3 cm³/mol. The third kappa shape index (κ3) is 3.35. The average Bonchev–Trinajstić information content (AvgIpc) is 2.59. The minimum atomic E-state index is 0.173. The van der Waals surface area contributed by atoms with Gasteiger partial charge in [-0.05, 0) is 18.6 Å². The lowest BCUT2D eigenvalue weighted by Gasteiger charge is -2.26. The average molecular weight is 279 g/mol. The molecule has 1 heterocycles. The van der Waals surface area contributed by atoms with E-state index in [4.69, 9.17) is 10.9 Å². The maximum atomic E-state index is 8.89. The number of hydrogen-bond donors (Lipinski definition) is 2. The highest BCUT2D eigenvalue weighted by Crippen LogP contribution is 2.33. The molecule has 3 N–H and O–H groups in total. The molecule has 1 saturated heterocycles. The van der Waals surface area contributed by atoms with Gasteiger partial charge < -0.3 is 15.8 Å². The van der Waals surface area contributed by atoms with Gasteiger partial charge in [0.1, 0.15) is 0 Å². The number of hydrogen-bond acceptors (Lipinski definition) is 4. The highest BCUT2D eigenvalue weighted by atomic mass is 32.2. The van der Waals surface area contributed by atoms with Gasteiger partial charge in [-0.3, -0.25) is 0 Å². The number of para-hydroxylation sites is 1. The molecule has 5 heteroatoms. The molecule has 0 spiro atoms. The Balaban J connectivity index is 2.27. The van der Waals surface area contributed by atoms with Crippen LogP contribution >= 0.6 is 11.8 Å². The van der Waals surface area contributed by atoms with E-state index in [0.29, 0.717) is 4.75 Å². The van der Waals surface area contributed by atoms with Crippen LogP contribution < -0.4 is 10.6 Å². The first kappa shape index (κ1) is 14.1. The fourth-order valence-electron chi connectivity index (χ4n) is 2.28. The Hall–Kier alpha value is -1.36. The normalized spacial score (nSPS) is 20.1. The maximum Gasteiger partial charge on any atom is 0.172 e. The van der Waals surface area contributed by atoms with E-state index >= 15 is 0 Å². The van der Waals surface area contributed by atoms with Crippen LogP contribution in [0.5, 0.6) is 0 Å². The van der Waals surface area contributed by atoms with Gasteiger partial charge in [-0.25, -0.2) is 0 Å². The van der Waals surface area contributed by atoms with Crippen LogP contribution in [0.4, 0.5) is 5.69 Å². The number of benzene rings is 1. The predicted octanol–water partition coefficient (Wildman–Crippen LogP) is 2.50. The van der Waals surface area contributed by atoms with E-state index in [1.807, 2.05) is 36.0 Å². The SMILES string of the molecule is CC1(C)CCN(c2ccccc2/C(N)=N/O)CCS1. The van der Waals surface area contributed by atoms with Crippen LogP contribution in [0.1, 0.15) is 25.8 Å². The second-order valence-electron chi connectivity index (χ2n) is 5.35. The molecule has 2 rings (SSSR count). The van der Waals surface area contributed by atoms with Crippen LogP contribution in [0.2, 0.25) is 0 Å². The van der Waals surface area contributed by atoms with Gasteiger partial charge in [-0.15, -0.1) is 0 Å². The fourth-order valence-corrected chi connectivity index (χ4v) is 3.38. The molecule has 0 aliphatic carbocycles. The van der Waals surface area contributed by atoms with Crippen molar-refractivity contribution in [3.63, 3.8) is 0 Å². The Labute approximate surface area is 118 Å².